The molecule has 1 fully saturated rings. The van der Waals surface area contributed by atoms with Crippen LogP contribution in [0, 0.1) is 20.8 Å². The highest BCUT2D eigenvalue weighted by molar-refractivity contribution is 5.88. The molecule has 0 radical (unpaired) electrons. The Morgan fingerprint density at radius 3 is 2.32 bits per heavy atom. The predicted molar refractivity (Wildman–Crippen MR) is 79.4 cm³/mol. The second-order valence-corrected chi connectivity index (χ2v) is 6.38. The van der Waals surface area contributed by atoms with Gasteiger partial charge in [0.15, 0.2) is 5.78 Å². The largest absolute Gasteiger partial charge is 0.298 e. The molecule has 0 atom stereocenters. The lowest BCUT2D eigenvalue weighted by Crippen LogP contribution is -2.53. The van der Waals surface area contributed by atoms with Crippen LogP contribution in [0.15, 0.2) is 12.1 Å². The molecule has 0 N–H and O–H groups in total. The van der Waals surface area contributed by atoms with Gasteiger partial charge in [0, 0.05) is 13.0 Å². The highest BCUT2D eigenvalue weighted by atomic mass is 16.1. The highest BCUT2D eigenvalue weighted by Gasteiger charge is 2.37. The lowest BCUT2D eigenvalue weighted by Gasteiger charge is -2.41. The van der Waals surface area contributed by atoms with Crippen LogP contribution >= 0.6 is 0 Å². The summed E-state index contributed by atoms with van der Waals surface area (Å²) < 4.78 is 0. The van der Waals surface area contributed by atoms with Crippen molar-refractivity contribution in [1.82, 2.24) is 4.90 Å². The zero-order valence-corrected chi connectivity index (χ0v) is 12.8. The van der Waals surface area contributed by atoms with Gasteiger partial charge in [-0.1, -0.05) is 17.7 Å². The summed E-state index contributed by atoms with van der Waals surface area (Å²) in [6, 6.07) is 4.47. The van der Waals surface area contributed by atoms with Gasteiger partial charge in [0.25, 0.3) is 0 Å². The summed E-state index contributed by atoms with van der Waals surface area (Å²) in [6.45, 7) is 12.5. The number of rotatable bonds is 2. The van der Waals surface area contributed by atoms with Gasteiger partial charge in [0.2, 0.25) is 0 Å². The Bertz CT molecular complexity index is 479. The fourth-order valence-electron chi connectivity index (χ4n) is 3.12. The molecule has 2 rings (SSSR count). The van der Waals surface area contributed by atoms with E-state index >= 15 is 0 Å². The topological polar surface area (TPSA) is 20.3 Å². The van der Waals surface area contributed by atoms with Crippen LogP contribution in [-0.4, -0.2) is 22.8 Å². The first-order chi connectivity index (χ1) is 8.82. The van der Waals surface area contributed by atoms with E-state index in [0.717, 1.165) is 25.9 Å². The minimum atomic E-state index is -0.317. The molecule has 1 aromatic rings. The number of benzene rings is 1. The van der Waals surface area contributed by atoms with Crippen LogP contribution in [0.5, 0.6) is 0 Å². The molecular formula is C17H25NO. The van der Waals surface area contributed by atoms with Crippen LogP contribution in [0.3, 0.4) is 0 Å². The minimum absolute atomic E-state index is 0.317. The van der Waals surface area contributed by atoms with Crippen molar-refractivity contribution in [1.29, 1.82) is 0 Å². The molecule has 104 valence electrons. The molecule has 0 bridgehead atoms. The molecule has 1 saturated heterocycles. The quantitative estimate of drug-likeness (QED) is 0.809. The smallest absolute Gasteiger partial charge is 0.152 e. The van der Waals surface area contributed by atoms with Crippen molar-refractivity contribution in [3.63, 3.8) is 0 Å². The molecule has 0 unspecified atom stereocenters. The molecular weight excluding hydrogens is 234 g/mol. The average molecular weight is 259 g/mol. The lowest BCUT2D eigenvalue weighted by molar-refractivity contribution is -0.133. The van der Waals surface area contributed by atoms with Gasteiger partial charge >= 0.3 is 0 Å². The number of hydrogen-bond donors (Lipinski definition) is 0. The fraction of sp³-hybridized carbons (Fsp3) is 0.588. The number of Topliss-reactive ketones (excluding diaryl/α,β-unsaturated/α-hetero) is 1. The summed E-state index contributed by atoms with van der Waals surface area (Å²) in [5, 5.41) is 0. The molecule has 0 amide bonds. The maximum atomic E-state index is 12.1. The third-order valence-corrected chi connectivity index (χ3v) is 4.49. The van der Waals surface area contributed by atoms with Crippen molar-refractivity contribution in [3.05, 3.63) is 34.4 Å². The lowest BCUT2D eigenvalue weighted by atomic mass is 9.87. The monoisotopic (exact) mass is 259 g/mol. The van der Waals surface area contributed by atoms with E-state index in [9.17, 15) is 4.79 Å². The predicted octanol–water partition coefficient (Wildman–Crippen LogP) is 3.56. The number of nitrogens with zero attached hydrogens (tertiary/aromatic N) is 1. The molecule has 1 aromatic carbocycles. The Labute approximate surface area is 116 Å². The van der Waals surface area contributed by atoms with Crippen molar-refractivity contribution in [3.8, 4) is 0 Å². The van der Waals surface area contributed by atoms with E-state index in [-0.39, 0.29) is 5.54 Å². The van der Waals surface area contributed by atoms with Crippen LogP contribution in [0.1, 0.15) is 48.9 Å². The van der Waals surface area contributed by atoms with E-state index in [2.05, 4.69) is 51.7 Å². The SMILES string of the molecule is Cc1cc(C)c(CN2CCCC(=O)C2(C)C)c(C)c1. The van der Waals surface area contributed by atoms with Crippen molar-refractivity contribution < 1.29 is 4.79 Å². The Kier molecular flexibility index (Phi) is 3.82. The maximum Gasteiger partial charge on any atom is 0.152 e. The van der Waals surface area contributed by atoms with E-state index < -0.39 is 0 Å². The number of likely N-dealkylation sites (tertiary alicyclic amines) is 1. The molecule has 1 heterocycles. The maximum absolute atomic E-state index is 12.1. The number of carbonyl (C=O) groups is 1. The molecule has 2 nitrogen and oxygen atoms in total. The van der Waals surface area contributed by atoms with Gasteiger partial charge in [-0.05, 0) is 64.3 Å². The van der Waals surface area contributed by atoms with Crippen molar-refractivity contribution in [2.75, 3.05) is 6.54 Å². The molecule has 0 spiro atoms. The molecule has 0 aromatic heterocycles. The van der Waals surface area contributed by atoms with Gasteiger partial charge in [-0.15, -0.1) is 0 Å². The standard InChI is InChI=1S/C17H25NO/c1-12-9-13(2)15(14(3)10-12)11-18-8-6-7-16(19)17(18,4)5/h9-10H,6-8,11H2,1-5H3. The second kappa shape index (κ2) is 5.09. The Hall–Kier alpha value is -1.15. The number of ketones is 1. The summed E-state index contributed by atoms with van der Waals surface area (Å²) in [4.78, 5) is 14.4. The van der Waals surface area contributed by atoms with Crippen LogP contribution in [0.2, 0.25) is 0 Å². The van der Waals surface area contributed by atoms with Gasteiger partial charge < -0.3 is 0 Å². The number of carbonyl (C=O) groups excluding carboxylic acids is 1. The molecule has 0 aliphatic carbocycles. The van der Waals surface area contributed by atoms with E-state index in [4.69, 9.17) is 0 Å². The molecule has 19 heavy (non-hydrogen) atoms. The van der Waals surface area contributed by atoms with Crippen molar-refractivity contribution in [2.24, 2.45) is 0 Å². The Morgan fingerprint density at radius 1 is 1.16 bits per heavy atom. The number of piperidine rings is 1. The van der Waals surface area contributed by atoms with Gasteiger partial charge in [0.05, 0.1) is 5.54 Å². The normalized spacial score (nSPS) is 19.7. The van der Waals surface area contributed by atoms with E-state index in [1.54, 1.807) is 0 Å². The second-order valence-electron chi connectivity index (χ2n) is 6.38. The first kappa shape index (κ1) is 14.3. The summed E-state index contributed by atoms with van der Waals surface area (Å²) >= 11 is 0. The first-order valence-corrected chi connectivity index (χ1v) is 7.17. The number of hydrogen-bond acceptors (Lipinski definition) is 2. The summed E-state index contributed by atoms with van der Waals surface area (Å²) in [5.74, 6) is 0.376. The van der Waals surface area contributed by atoms with Crippen LogP contribution < -0.4 is 0 Å². The summed E-state index contributed by atoms with van der Waals surface area (Å²) in [5.41, 5.74) is 5.06. The van der Waals surface area contributed by atoms with Gasteiger partial charge in [0.1, 0.15) is 0 Å². The Balaban J connectivity index is 2.28. The van der Waals surface area contributed by atoms with E-state index in [1.165, 1.54) is 22.3 Å². The molecule has 1 aliphatic rings. The zero-order chi connectivity index (χ0) is 14.2. The third-order valence-electron chi connectivity index (χ3n) is 4.49. The van der Waals surface area contributed by atoms with Crippen LogP contribution in [-0.2, 0) is 11.3 Å². The van der Waals surface area contributed by atoms with E-state index in [0.29, 0.717) is 5.78 Å². The first-order valence-electron chi connectivity index (χ1n) is 7.17. The van der Waals surface area contributed by atoms with Crippen LogP contribution in [0.4, 0.5) is 0 Å². The zero-order valence-electron chi connectivity index (χ0n) is 12.8. The van der Waals surface area contributed by atoms with Crippen LogP contribution in [0.25, 0.3) is 0 Å². The minimum Gasteiger partial charge on any atom is -0.298 e. The Morgan fingerprint density at radius 2 is 1.74 bits per heavy atom. The number of aryl methyl sites for hydroxylation is 3. The van der Waals surface area contributed by atoms with Gasteiger partial charge in [-0.25, -0.2) is 0 Å². The van der Waals surface area contributed by atoms with Gasteiger partial charge in [-0.2, -0.15) is 0 Å². The average Bonchev–Trinajstić information content (AvgIpc) is 2.29. The van der Waals surface area contributed by atoms with Gasteiger partial charge in [-0.3, -0.25) is 9.69 Å². The van der Waals surface area contributed by atoms with Crippen molar-refractivity contribution >= 4 is 5.78 Å². The molecule has 1 aliphatic heterocycles. The summed E-state index contributed by atoms with van der Waals surface area (Å²) in [7, 11) is 0. The van der Waals surface area contributed by atoms with Crippen molar-refractivity contribution in [2.45, 2.75) is 59.5 Å². The van der Waals surface area contributed by atoms with E-state index in [1.807, 2.05) is 0 Å². The highest BCUT2D eigenvalue weighted by Crippen LogP contribution is 2.28. The third kappa shape index (κ3) is 2.74. The molecule has 0 saturated carbocycles. The fourth-order valence-corrected chi connectivity index (χ4v) is 3.12. The summed E-state index contributed by atoms with van der Waals surface area (Å²) in [6.07, 6.45) is 1.72. The molecule has 2 heteroatoms.